The molecule has 0 fully saturated rings. The van der Waals surface area contributed by atoms with Crippen LogP contribution in [0.2, 0.25) is 0 Å². The molecule has 2 heterocycles. The van der Waals surface area contributed by atoms with Gasteiger partial charge in [0.05, 0.1) is 6.61 Å². The number of urea groups is 1. The maximum absolute atomic E-state index is 14.2. The van der Waals surface area contributed by atoms with Gasteiger partial charge in [-0.15, -0.1) is 12.4 Å². The third-order valence-corrected chi connectivity index (χ3v) is 7.39. The number of carbonyl (C=O) groups excluding carboxylic acids is 1. The van der Waals surface area contributed by atoms with Gasteiger partial charge in [-0.05, 0) is 71.3 Å². The lowest BCUT2D eigenvalue weighted by molar-refractivity contribution is 0.233. The largest absolute Gasteiger partial charge is 0.493 e. The van der Waals surface area contributed by atoms with Crippen LogP contribution in [0.5, 0.6) is 5.75 Å². The highest BCUT2D eigenvalue weighted by atomic mass is 35.5. The normalized spacial score (nSPS) is 11.1. The summed E-state index contributed by atoms with van der Waals surface area (Å²) in [5.41, 5.74) is 11.1. The average Bonchev–Trinajstić information content (AvgIpc) is 2.98. The van der Waals surface area contributed by atoms with Crippen LogP contribution in [0.4, 0.5) is 21.9 Å². The van der Waals surface area contributed by atoms with Crippen molar-refractivity contribution in [1.82, 2.24) is 9.55 Å². The van der Waals surface area contributed by atoms with Gasteiger partial charge in [0.25, 0.3) is 5.56 Å². The number of fused-ring (bicyclic) bond motifs is 1. The first-order valence-corrected chi connectivity index (χ1v) is 15.0. The number of aromatic nitrogens is 2. The van der Waals surface area contributed by atoms with Gasteiger partial charge in [-0.2, -0.15) is 0 Å². The number of nitrogens with one attached hydrogen (secondary N) is 2. The SMILES string of the molecule is CCCCn1c(=O)c(NC(=O)Nc2c(C(C)C)cc(N)cc2C(C)C)c(-c2cccc(OCCCO)c2)c2cccnc21.Cl. The van der Waals surface area contributed by atoms with E-state index in [0.717, 1.165) is 29.4 Å². The topological polar surface area (TPSA) is 132 Å². The smallest absolute Gasteiger partial charge is 0.323 e. The Morgan fingerprint density at radius 2 is 1.68 bits per heavy atom. The number of unbranched alkanes of at least 4 members (excludes halogenated alkanes) is 1. The zero-order valence-corrected chi connectivity index (χ0v) is 27.0. The van der Waals surface area contributed by atoms with Gasteiger partial charge in [0.2, 0.25) is 0 Å². The molecular weight excluding hydrogens is 578 g/mol. The number of amides is 2. The Hall–Kier alpha value is -4.08. The molecule has 0 saturated carbocycles. The number of nitrogens with zero attached hydrogens (tertiary/aromatic N) is 2. The van der Waals surface area contributed by atoms with E-state index < -0.39 is 6.03 Å². The summed E-state index contributed by atoms with van der Waals surface area (Å²) in [7, 11) is 0. The lowest BCUT2D eigenvalue weighted by Crippen LogP contribution is -2.30. The van der Waals surface area contributed by atoms with E-state index in [4.69, 9.17) is 10.5 Å². The number of aliphatic hydroxyl groups excluding tert-OH is 1. The number of rotatable bonds is 12. The molecule has 2 amide bonds. The number of halogens is 1. The van der Waals surface area contributed by atoms with E-state index in [1.807, 2.05) is 48.5 Å². The predicted molar refractivity (Wildman–Crippen MR) is 182 cm³/mol. The van der Waals surface area contributed by atoms with E-state index >= 15 is 0 Å². The fourth-order valence-electron chi connectivity index (χ4n) is 5.24. The van der Waals surface area contributed by atoms with Gasteiger partial charge in [0, 0.05) is 48.1 Å². The van der Waals surface area contributed by atoms with Gasteiger partial charge in [-0.3, -0.25) is 9.36 Å². The standard InChI is InChI=1S/C34H43N5O4.ClH/c1-6-7-15-39-32-26(13-9-14-36-32)29(23-11-8-12-25(18-23)43-17-10-16-40)31(33(39)41)38-34(42)37-30-27(21(2)3)19-24(35)20-28(30)22(4)5;/h8-9,11-14,18-22,40H,6-7,10,15-17,35H2,1-5H3,(H2,37,38,42);1H. The van der Waals surface area contributed by atoms with Gasteiger partial charge in [0.15, 0.2) is 0 Å². The van der Waals surface area contributed by atoms with E-state index in [2.05, 4.69) is 50.2 Å². The van der Waals surface area contributed by atoms with Crippen LogP contribution >= 0.6 is 12.4 Å². The second kappa shape index (κ2) is 15.6. The Morgan fingerprint density at radius 1 is 1.00 bits per heavy atom. The number of hydrogen-bond donors (Lipinski definition) is 4. The van der Waals surface area contributed by atoms with Crippen molar-refractivity contribution in [2.45, 2.75) is 72.3 Å². The maximum Gasteiger partial charge on any atom is 0.323 e. The Labute approximate surface area is 265 Å². The molecule has 4 rings (SSSR count). The summed E-state index contributed by atoms with van der Waals surface area (Å²) in [4.78, 5) is 32.5. The summed E-state index contributed by atoms with van der Waals surface area (Å²) in [5, 5.41) is 15.9. The van der Waals surface area contributed by atoms with Gasteiger partial charge < -0.3 is 26.2 Å². The highest BCUT2D eigenvalue weighted by molar-refractivity contribution is 6.08. The highest BCUT2D eigenvalue weighted by Crippen LogP contribution is 2.37. The Kier molecular flexibility index (Phi) is 12.2. The van der Waals surface area contributed by atoms with Crippen molar-refractivity contribution < 1.29 is 14.6 Å². The summed E-state index contributed by atoms with van der Waals surface area (Å²) in [6.45, 7) is 11.1. The first-order valence-electron chi connectivity index (χ1n) is 15.0. The number of pyridine rings is 2. The van der Waals surface area contributed by atoms with Crippen LogP contribution in [0.15, 0.2) is 59.5 Å². The molecule has 0 aliphatic carbocycles. The third-order valence-electron chi connectivity index (χ3n) is 7.39. The average molecular weight is 622 g/mol. The Bertz CT molecular complexity index is 1620. The zero-order chi connectivity index (χ0) is 31.1. The van der Waals surface area contributed by atoms with Crippen LogP contribution in [0.1, 0.15) is 76.8 Å². The van der Waals surface area contributed by atoms with E-state index in [-0.39, 0.29) is 42.1 Å². The second-order valence-corrected chi connectivity index (χ2v) is 11.4. The Morgan fingerprint density at radius 3 is 2.32 bits per heavy atom. The van der Waals surface area contributed by atoms with Crippen LogP contribution in [0.25, 0.3) is 22.2 Å². The van der Waals surface area contributed by atoms with E-state index in [1.165, 1.54) is 0 Å². The molecule has 0 aliphatic heterocycles. The summed E-state index contributed by atoms with van der Waals surface area (Å²) in [6.07, 6.45) is 3.85. The second-order valence-electron chi connectivity index (χ2n) is 11.4. The summed E-state index contributed by atoms with van der Waals surface area (Å²) in [5.74, 6) is 0.815. The molecule has 0 unspecified atom stereocenters. The fraction of sp³-hybridized carbons (Fsp3) is 0.382. The van der Waals surface area contributed by atoms with Crippen molar-refractivity contribution in [3.05, 3.63) is 76.2 Å². The van der Waals surface area contributed by atoms with Gasteiger partial charge >= 0.3 is 6.03 Å². The molecule has 2 aromatic heterocycles. The number of nitrogen functional groups attached to an aromatic ring is 1. The van der Waals surface area contributed by atoms with Crippen LogP contribution in [-0.4, -0.2) is 33.9 Å². The molecule has 0 radical (unpaired) electrons. The minimum atomic E-state index is -0.521. The molecule has 0 bridgehead atoms. The number of nitrogens with two attached hydrogens (primary N) is 1. The number of benzene rings is 2. The van der Waals surface area contributed by atoms with Gasteiger partial charge in [0.1, 0.15) is 17.1 Å². The predicted octanol–water partition coefficient (Wildman–Crippen LogP) is 7.52. The molecule has 0 saturated heterocycles. The highest BCUT2D eigenvalue weighted by Gasteiger charge is 2.23. The summed E-state index contributed by atoms with van der Waals surface area (Å²) >= 11 is 0. The Balaban J connectivity index is 0.00000529. The molecule has 9 nitrogen and oxygen atoms in total. The first kappa shape index (κ1) is 34.4. The lowest BCUT2D eigenvalue weighted by Gasteiger charge is -2.22. The van der Waals surface area contributed by atoms with Crippen molar-refractivity contribution in [3.63, 3.8) is 0 Å². The molecule has 236 valence electrons. The molecule has 4 aromatic rings. The van der Waals surface area contributed by atoms with Gasteiger partial charge in [-0.1, -0.05) is 53.2 Å². The van der Waals surface area contributed by atoms with Crippen LogP contribution in [0, 0.1) is 0 Å². The van der Waals surface area contributed by atoms with E-state index in [9.17, 15) is 14.7 Å². The van der Waals surface area contributed by atoms with Crippen LogP contribution in [-0.2, 0) is 6.54 Å². The number of aryl methyl sites for hydroxylation is 1. The van der Waals surface area contributed by atoms with Crippen molar-refractivity contribution >= 4 is 46.5 Å². The number of aliphatic hydroxyl groups is 1. The maximum atomic E-state index is 14.2. The number of ether oxygens (including phenoxy) is 1. The molecule has 44 heavy (non-hydrogen) atoms. The summed E-state index contributed by atoms with van der Waals surface area (Å²) < 4.78 is 7.48. The monoisotopic (exact) mass is 621 g/mol. The molecule has 2 aromatic carbocycles. The minimum absolute atomic E-state index is 0. The molecule has 0 atom stereocenters. The van der Waals surface area contributed by atoms with E-state index in [1.54, 1.807) is 10.8 Å². The molecule has 10 heteroatoms. The molecule has 0 aliphatic rings. The zero-order valence-electron chi connectivity index (χ0n) is 26.1. The van der Waals surface area contributed by atoms with Crippen LogP contribution < -0.4 is 26.7 Å². The first-order chi connectivity index (χ1) is 20.7. The van der Waals surface area contributed by atoms with Crippen molar-refractivity contribution in [2.24, 2.45) is 0 Å². The summed E-state index contributed by atoms with van der Waals surface area (Å²) in [6, 6.07) is 14.4. The number of hydrogen-bond acceptors (Lipinski definition) is 6. The number of anilines is 3. The quantitative estimate of drug-likeness (QED) is 0.0955. The van der Waals surface area contributed by atoms with Crippen molar-refractivity contribution in [2.75, 3.05) is 29.6 Å². The minimum Gasteiger partial charge on any atom is -0.493 e. The molecule has 0 spiro atoms. The molecule has 5 N–H and O–H groups in total. The van der Waals surface area contributed by atoms with Gasteiger partial charge in [-0.25, -0.2) is 9.78 Å². The van der Waals surface area contributed by atoms with Crippen molar-refractivity contribution in [3.8, 4) is 16.9 Å². The number of carbonyl (C=O) groups is 1. The molecular formula is C34H44ClN5O4. The van der Waals surface area contributed by atoms with Crippen molar-refractivity contribution in [1.29, 1.82) is 0 Å². The third kappa shape index (κ3) is 7.70. The van der Waals surface area contributed by atoms with E-state index in [0.29, 0.717) is 53.5 Å². The van der Waals surface area contributed by atoms with Crippen LogP contribution in [0.3, 0.4) is 0 Å². The lowest BCUT2D eigenvalue weighted by atomic mass is 9.92. The fourth-order valence-corrected chi connectivity index (χ4v) is 5.24.